The Bertz CT molecular complexity index is 2390. The second-order valence-corrected chi connectivity index (χ2v) is 22.2. The van der Waals surface area contributed by atoms with Crippen molar-refractivity contribution >= 4 is 88.4 Å². The lowest BCUT2D eigenvalue weighted by Gasteiger charge is -2.21. The number of nitrogens with one attached hydrogen (secondary N) is 2. The molecule has 6 aromatic heterocycles. The van der Waals surface area contributed by atoms with Gasteiger partial charge in [-0.15, -0.1) is 34.0 Å². The van der Waals surface area contributed by atoms with Crippen LogP contribution in [0.15, 0.2) is 70.7 Å². The molecule has 0 aromatic carbocycles. The average Bonchev–Trinajstić information content (AvgIpc) is 4.06. The summed E-state index contributed by atoms with van der Waals surface area (Å²) in [5, 5.41) is 12.6. The zero-order valence-corrected chi connectivity index (χ0v) is 40.6. The Kier molecular flexibility index (Phi) is 17.2. The second-order valence-electron chi connectivity index (χ2n) is 18.9. The molecule has 340 valence electrons. The van der Waals surface area contributed by atoms with Crippen LogP contribution in [0.2, 0.25) is 5.15 Å². The van der Waals surface area contributed by atoms with Gasteiger partial charge in [0.2, 0.25) is 0 Å². The lowest BCUT2D eigenvalue weighted by atomic mass is 10.0. The summed E-state index contributed by atoms with van der Waals surface area (Å²) in [6.45, 7) is 11.2. The first-order chi connectivity index (χ1) is 29.9. The zero-order chi connectivity index (χ0) is 45.1. The van der Waals surface area contributed by atoms with Gasteiger partial charge in [-0.05, 0) is 195 Å². The fourth-order valence-corrected chi connectivity index (χ4v) is 10.6. The highest BCUT2D eigenvalue weighted by molar-refractivity contribution is 7.17. The van der Waals surface area contributed by atoms with E-state index < -0.39 is 11.2 Å². The van der Waals surface area contributed by atoms with Crippen molar-refractivity contribution in [2.45, 2.75) is 148 Å². The van der Waals surface area contributed by atoms with Crippen molar-refractivity contribution in [1.29, 1.82) is 0 Å². The van der Waals surface area contributed by atoms with Crippen LogP contribution in [-0.2, 0) is 22.3 Å². The van der Waals surface area contributed by atoms with E-state index in [4.69, 9.17) is 42.5 Å². The van der Waals surface area contributed by atoms with Crippen LogP contribution in [0.3, 0.4) is 0 Å². The van der Waals surface area contributed by atoms with Crippen LogP contribution in [0.4, 0.5) is 9.59 Å². The number of alkyl carbamates (subject to hydrolysis) is 2. The van der Waals surface area contributed by atoms with Crippen LogP contribution < -0.4 is 22.1 Å². The van der Waals surface area contributed by atoms with E-state index in [0.717, 1.165) is 79.5 Å². The van der Waals surface area contributed by atoms with Crippen molar-refractivity contribution in [1.82, 2.24) is 25.6 Å². The van der Waals surface area contributed by atoms with Gasteiger partial charge in [0.15, 0.2) is 0 Å². The minimum Gasteiger partial charge on any atom is -0.444 e. The van der Waals surface area contributed by atoms with Crippen LogP contribution >= 0.6 is 45.6 Å². The van der Waals surface area contributed by atoms with E-state index in [1.165, 1.54) is 39.1 Å². The number of nitrogens with zero attached hydrogens (tertiary/aromatic N) is 3. The summed E-state index contributed by atoms with van der Waals surface area (Å²) in [5.41, 5.74) is 16.4. The molecule has 0 bridgehead atoms. The lowest BCUT2D eigenvalue weighted by Crippen LogP contribution is -2.38. The van der Waals surface area contributed by atoms with Gasteiger partial charge in [-0.25, -0.2) is 14.6 Å². The van der Waals surface area contributed by atoms with Gasteiger partial charge < -0.3 is 31.6 Å². The first-order valence-corrected chi connectivity index (χ1v) is 25.1. The van der Waals surface area contributed by atoms with Gasteiger partial charge in [0, 0.05) is 35.6 Å². The zero-order valence-electron chi connectivity index (χ0n) is 37.4. The Morgan fingerprint density at radius 3 is 1.46 bits per heavy atom. The van der Waals surface area contributed by atoms with Crippen molar-refractivity contribution in [3.05, 3.63) is 87.3 Å². The molecule has 3 fully saturated rings. The number of nitrogens with two attached hydrogens (primary N) is 2. The Morgan fingerprint density at radius 2 is 1.00 bits per heavy atom. The Morgan fingerprint density at radius 1 is 0.587 bits per heavy atom. The topological polar surface area (TPSA) is 167 Å². The Labute approximate surface area is 389 Å². The molecule has 3 saturated carbocycles. The third kappa shape index (κ3) is 16.2. The number of hydrogen-bond acceptors (Lipinski definition) is 12. The molecule has 6 N–H and O–H groups in total. The number of amides is 2. The predicted octanol–water partition coefficient (Wildman–Crippen LogP) is 11.8. The monoisotopic (exact) mass is 933 g/mol. The first kappa shape index (κ1) is 48.5. The minimum atomic E-state index is -0.443. The predicted molar refractivity (Wildman–Crippen MR) is 262 cm³/mol. The molecule has 0 spiro atoms. The Hall–Kier alpha value is -3.92. The molecule has 0 saturated heterocycles. The molecule has 0 unspecified atom stereocenters. The van der Waals surface area contributed by atoms with E-state index in [1.807, 2.05) is 59.1 Å². The molecular weight excluding hydrogens is 870 g/mol. The third-order valence-corrected chi connectivity index (χ3v) is 13.9. The van der Waals surface area contributed by atoms with Crippen LogP contribution in [0.25, 0.3) is 30.6 Å². The normalized spacial score (nSPS) is 22.0. The number of ether oxygens (including phenoxy) is 2. The van der Waals surface area contributed by atoms with E-state index in [2.05, 4.69) is 62.8 Å². The standard InChI is InChI=1S/C18H24N2O2S.C13H16N2S.C10H20N2O2.C7H4ClNS/c1-18(2,3)22-17(21)20-14-5-4-12(11-14)10-13-6-7-16-15(19-13)8-9-23-16;14-10-2-1-9(7-10)8-11-3-4-13-12(15-11)5-6-16-13;1-10(2,3)14-9(13)12-8-5-4-7(11)6-8;8-7-2-1-6-5(9-7)3-4-10-6/h6-9,12,14H,4-5,10-11H2,1-3H3,(H,20,21);3-6,9-10H,1-2,7-8,14H2;7-8H,4-6,11H2,1-3H3,(H,12,13);1-4H/t12-,14+;9-,10-;7-,8-;/m100./s1. The second kappa shape index (κ2) is 22.3. The van der Waals surface area contributed by atoms with Crippen LogP contribution in [-0.4, -0.2) is 62.5 Å². The molecule has 6 atom stereocenters. The van der Waals surface area contributed by atoms with Gasteiger partial charge in [-0.2, -0.15) is 0 Å². The van der Waals surface area contributed by atoms with E-state index in [9.17, 15) is 9.59 Å². The summed E-state index contributed by atoms with van der Waals surface area (Å²) >= 11 is 10.8. The van der Waals surface area contributed by atoms with Crippen molar-refractivity contribution in [3.63, 3.8) is 0 Å². The maximum Gasteiger partial charge on any atom is 0.407 e. The summed E-state index contributed by atoms with van der Waals surface area (Å²) in [7, 11) is 0. The third-order valence-electron chi connectivity index (χ3n) is 11.0. The smallest absolute Gasteiger partial charge is 0.407 e. The molecule has 11 nitrogen and oxygen atoms in total. The fraction of sp³-hybridized carbons (Fsp3) is 0.521. The molecule has 2 amide bonds. The quantitative estimate of drug-likeness (QED) is 0.119. The molecule has 0 aliphatic heterocycles. The van der Waals surface area contributed by atoms with Crippen molar-refractivity contribution in [2.24, 2.45) is 23.3 Å². The number of pyridine rings is 3. The van der Waals surface area contributed by atoms with E-state index in [-0.39, 0.29) is 30.3 Å². The van der Waals surface area contributed by atoms with Gasteiger partial charge in [-0.1, -0.05) is 11.6 Å². The Balaban J connectivity index is 0.000000146. The highest BCUT2D eigenvalue weighted by Gasteiger charge is 2.29. The number of carbonyl (C=O) groups excluding carboxylic acids is 2. The van der Waals surface area contributed by atoms with E-state index in [0.29, 0.717) is 17.1 Å². The van der Waals surface area contributed by atoms with Crippen molar-refractivity contribution in [2.75, 3.05) is 0 Å². The fourth-order valence-electron chi connectivity index (χ4n) is 8.22. The highest BCUT2D eigenvalue weighted by Crippen LogP contribution is 2.31. The number of thiophene rings is 3. The molecule has 6 heterocycles. The summed E-state index contributed by atoms with van der Waals surface area (Å²) in [4.78, 5) is 36.7. The van der Waals surface area contributed by atoms with Gasteiger partial charge in [0.25, 0.3) is 0 Å². The summed E-state index contributed by atoms with van der Waals surface area (Å²) in [5.74, 6) is 1.33. The van der Waals surface area contributed by atoms with Gasteiger partial charge in [-0.3, -0.25) is 9.97 Å². The molecule has 3 aliphatic rings. The minimum absolute atomic E-state index is 0.194. The van der Waals surface area contributed by atoms with E-state index >= 15 is 0 Å². The largest absolute Gasteiger partial charge is 0.444 e. The van der Waals surface area contributed by atoms with Crippen molar-refractivity contribution in [3.8, 4) is 0 Å². The summed E-state index contributed by atoms with van der Waals surface area (Å²) in [6, 6.07) is 19.7. The van der Waals surface area contributed by atoms with E-state index in [1.54, 1.807) is 40.1 Å². The number of halogens is 1. The molecule has 0 radical (unpaired) electrons. The van der Waals surface area contributed by atoms with Gasteiger partial charge >= 0.3 is 12.2 Å². The number of fused-ring (bicyclic) bond motifs is 3. The molecule has 9 rings (SSSR count). The van der Waals surface area contributed by atoms with Crippen LogP contribution in [0, 0.1) is 11.8 Å². The summed E-state index contributed by atoms with van der Waals surface area (Å²) < 4.78 is 14.2. The molecule has 63 heavy (non-hydrogen) atoms. The number of carbonyl (C=O) groups is 2. The molecule has 15 heteroatoms. The van der Waals surface area contributed by atoms with Crippen LogP contribution in [0.5, 0.6) is 0 Å². The number of aromatic nitrogens is 3. The lowest BCUT2D eigenvalue weighted by molar-refractivity contribution is 0.0493. The molecule has 3 aliphatic carbocycles. The number of rotatable bonds is 6. The maximum absolute atomic E-state index is 11.9. The maximum atomic E-state index is 11.9. The highest BCUT2D eigenvalue weighted by atomic mass is 35.5. The number of hydrogen-bond donors (Lipinski definition) is 4. The average molecular weight is 935 g/mol. The summed E-state index contributed by atoms with van der Waals surface area (Å²) in [6.07, 6.45) is 11.0. The molecular formula is C48H64ClN7O4S3. The van der Waals surface area contributed by atoms with Crippen LogP contribution in [0.1, 0.15) is 111 Å². The SMILES string of the molecule is CC(C)(C)OC(=O)N[C@H]1CC[C@H](Cc2ccc3sccc3n2)C1.CC(C)(C)OC(=O)N[C@H]1CC[C@H](N)C1.Clc1ccc2sccc2n1.N[C@H]1CC[C@H](Cc2ccc3sccc3n2)C1. The van der Waals surface area contributed by atoms with Crippen molar-refractivity contribution < 1.29 is 19.1 Å². The first-order valence-electron chi connectivity index (χ1n) is 22.1. The van der Waals surface area contributed by atoms with Gasteiger partial charge in [0.1, 0.15) is 16.4 Å². The molecule has 6 aromatic rings. The van der Waals surface area contributed by atoms with Gasteiger partial charge in [0.05, 0.1) is 30.6 Å².